The topological polar surface area (TPSA) is 48.8 Å². The van der Waals surface area contributed by atoms with E-state index in [9.17, 15) is 5.48 Å². The molecule has 4 heterocycles. The zero-order chi connectivity index (χ0) is 44.8. The first-order chi connectivity index (χ1) is 28.9. The summed E-state index contributed by atoms with van der Waals surface area (Å²) in [5.74, 6) is 1.66. The number of hydrogen-bond donors (Lipinski definition) is 0. The molecule has 0 saturated heterocycles. The Bertz CT molecular complexity index is 2960. The molecule has 0 saturated carbocycles. The highest BCUT2D eigenvalue weighted by atomic mass is 16.5. The average Bonchev–Trinajstić information content (AvgIpc) is 3.76. The predicted molar refractivity (Wildman–Crippen MR) is 230 cm³/mol. The SMILES string of the molecule is [2H]C([2H])(c1cc(-[n+]2[c-]n(-c3cncc(Oc4ccc5c6ccccc6n(-c6cc(C([2H])([2H])C(C)(C)C)ccn6)c5c4)c3)c3ccccc32)cc(C([2H])([2H])C(C)(C)C)c1)C(C)(C)C. The quantitative estimate of drug-likeness (QED) is 0.115. The number of aromatic nitrogens is 5. The summed E-state index contributed by atoms with van der Waals surface area (Å²) in [4.78, 5) is 9.32. The van der Waals surface area contributed by atoms with Gasteiger partial charge in [0.05, 0.1) is 39.6 Å². The lowest BCUT2D eigenvalue weighted by Gasteiger charge is -2.22. The van der Waals surface area contributed by atoms with Crippen molar-refractivity contribution < 1.29 is 17.5 Å². The van der Waals surface area contributed by atoms with Gasteiger partial charge in [-0.2, -0.15) is 0 Å². The van der Waals surface area contributed by atoms with E-state index in [1.165, 1.54) is 0 Å². The molecule has 0 unspecified atom stereocenters. The van der Waals surface area contributed by atoms with Crippen LogP contribution in [0.1, 0.15) is 87.2 Å². The van der Waals surface area contributed by atoms with Gasteiger partial charge in [-0.05, 0) is 89.5 Å². The third kappa shape index (κ3) is 7.97. The lowest BCUT2D eigenvalue weighted by Crippen LogP contribution is -2.30. The molecule has 6 heteroatoms. The lowest BCUT2D eigenvalue weighted by atomic mass is 9.84. The van der Waals surface area contributed by atoms with E-state index in [0.717, 1.165) is 32.8 Å². The Morgan fingerprint density at radius 2 is 1.27 bits per heavy atom. The van der Waals surface area contributed by atoms with E-state index in [1.54, 1.807) is 42.9 Å². The smallest absolute Gasteiger partial charge is 0.269 e. The van der Waals surface area contributed by atoms with Gasteiger partial charge in [-0.15, -0.1) is 0 Å². The van der Waals surface area contributed by atoms with E-state index in [0.29, 0.717) is 45.4 Å². The molecular formula is C50H53N5O. The summed E-state index contributed by atoms with van der Waals surface area (Å²) >= 11 is 0. The molecule has 0 spiro atoms. The van der Waals surface area contributed by atoms with Crippen molar-refractivity contribution in [3.8, 4) is 28.7 Å². The van der Waals surface area contributed by atoms with Crippen LogP contribution in [0, 0.1) is 22.6 Å². The number of ether oxygens (including phenoxy) is 1. The molecule has 0 radical (unpaired) electrons. The van der Waals surface area contributed by atoms with Crippen LogP contribution in [0.4, 0.5) is 0 Å². The maximum atomic E-state index is 9.21. The zero-order valence-electron chi connectivity index (χ0n) is 39.7. The lowest BCUT2D eigenvalue weighted by molar-refractivity contribution is -0.572. The summed E-state index contributed by atoms with van der Waals surface area (Å²) in [7, 11) is 0. The molecule has 0 atom stereocenters. The Morgan fingerprint density at radius 1 is 0.625 bits per heavy atom. The predicted octanol–water partition coefficient (Wildman–Crippen LogP) is 12.2. The summed E-state index contributed by atoms with van der Waals surface area (Å²) < 4.78 is 67.1. The minimum absolute atomic E-state index is 0.394. The van der Waals surface area contributed by atoms with Crippen LogP contribution in [0.25, 0.3) is 50.0 Å². The second-order valence-corrected chi connectivity index (χ2v) is 17.6. The van der Waals surface area contributed by atoms with Gasteiger partial charge in [0.2, 0.25) is 0 Å². The van der Waals surface area contributed by atoms with Crippen LogP contribution in [0.2, 0.25) is 0 Å². The van der Waals surface area contributed by atoms with Gasteiger partial charge < -0.3 is 4.74 Å². The van der Waals surface area contributed by atoms with Crippen molar-refractivity contribution >= 4 is 32.8 Å². The van der Waals surface area contributed by atoms with Crippen molar-refractivity contribution in [3.63, 3.8) is 0 Å². The third-order valence-corrected chi connectivity index (χ3v) is 9.11. The number of pyridine rings is 2. The monoisotopic (exact) mass is 745 g/mol. The second kappa shape index (κ2) is 14.1. The van der Waals surface area contributed by atoms with Crippen LogP contribution in [0.3, 0.4) is 0 Å². The van der Waals surface area contributed by atoms with Gasteiger partial charge in [0, 0.05) is 37.5 Å². The average molecular weight is 746 g/mol. The van der Waals surface area contributed by atoms with E-state index >= 15 is 0 Å². The van der Waals surface area contributed by atoms with Gasteiger partial charge in [0.1, 0.15) is 17.3 Å². The van der Waals surface area contributed by atoms with Crippen molar-refractivity contribution in [3.05, 3.63) is 145 Å². The van der Waals surface area contributed by atoms with Crippen molar-refractivity contribution in [1.82, 2.24) is 19.1 Å². The molecule has 4 aromatic heterocycles. The van der Waals surface area contributed by atoms with Gasteiger partial charge in [-0.1, -0.05) is 122 Å². The van der Waals surface area contributed by atoms with Gasteiger partial charge in [0.15, 0.2) is 0 Å². The van der Waals surface area contributed by atoms with Crippen LogP contribution in [-0.2, 0) is 19.1 Å². The molecule has 0 bridgehead atoms. The zero-order valence-corrected chi connectivity index (χ0v) is 33.7. The number of nitrogens with zero attached hydrogens (tertiary/aromatic N) is 5. The Morgan fingerprint density at radius 3 is 1.98 bits per heavy atom. The van der Waals surface area contributed by atoms with Gasteiger partial charge in [-0.25, -0.2) is 4.98 Å². The van der Waals surface area contributed by atoms with Gasteiger partial charge in [-0.3, -0.25) is 18.7 Å². The molecule has 0 aliphatic carbocycles. The Hall–Kier alpha value is -5.75. The number of rotatable bonds is 8. The van der Waals surface area contributed by atoms with E-state index in [-0.39, 0.29) is 0 Å². The number of imidazole rings is 1. The van der Waals surface area contributed by atoms with Crippen molar-refractivity contribution in [2.24, 2.45) is 16.2 Å². The Kier molecular flexibility index (Phi) is 7.66. The van der Waals surface area contributed by atoms with Crippen LogP contribution in [0.5, 0.6) is 11.5 Å². The molecule has 284 valence electrons. The maximum absolute atomic E-state index is 9.21. The fraction of sp³-hybridized carbons (Fsp3) is 0.300. The van der Waals surface area contributed by atoms with Crippen molar-refractivity contribution in [2.45, 2.75) is 81.4 Å². The van der Waals surface area contributed by atoms with Crippen molar-refractivity contribution in [2.75, 3.05) is 0 Å². The molecule has 0 fully saturated rings. The first kappa shape index (κ1) is 30.5. The van der Waals surface area contributed by atoms with E-state index < -0.39 is 35.4 Å². The molecule has 8 rings (SSSR count). The molecule has 0 aliphatic rings. The maximum Gasteiger partial charge on any atom is 0.269 e. The molecule has 56 heavy (non-hydrogen) atoms. The highest BCUT2D eigenvalue weighted by molar-refractivity contribution is 6.09. The summed E-state index contributed by atoms with van der Waals surface area (Å²) in [6.07, 6.45) is 3.39. The van der Waals surface area contributed by atoms with Crippen LogP contribution < -0.4 is 9.30 Å². The third-order valence-electron chi connectivity index (χ3n) is 9.11. The highest BCUT2D eigenvalue weighted by Crippen LogP contribution is 2.36. The summed E-state index contributed by atoms with van der Waals surface area (Å²) in [6.45, 7) is 16.8. The standard InChI is InChI=1S/C50H53N5O/c1-48(2,3)28-34-20-21-52-47(25-34)55-43-15-11-10-14-41(43)42-19-18-39(27-46(42)55)56-40-26-38(31-51-32-40)54-33-53(44-16-12-13-17-45(44)54)37-23-35(29-49(4,5)6)22-36(24-37)30-50(7,8)9/h10-27,31-32H,28-30H2,1-9H3/i28D2,29D2,30D2. The van der Waals surface area contributed by atoms with Crippen LogP contribution in [-0.4, -0.2) is 19.1 Å². The fourth-order valence-electron chi connectivity index (χ4n) is 7.23. The summed E-state index contributed by atoms with van der Waals surface area (Å²) in [5.41, 5.74) is 3.84. The Labute approximate surface area is 339 Å². The van der Waals surface area contributed by atoms with E-state index in [4.69, 9.17) is 12.5 Å². The minimum Gasteiger partial charge on any atom is -0.456 e. The molecule has 0 aliphatic heterocycles. The van der Waals surface area contributed by atoms with E-state index in [2.05, 4.69) is 21.9 Å². The fourth-order valence-corrected chi connectivity index (χ4v) is 7.23. The molecule has 6 nitrogen and oxygen atoms in total. The molecular weight excluding hydrogens is 687 g/mol. The minimum atomic E-state index is -1.78. The molecule has 8 aromatic rings. The number of benzene rings is 4. The van der Waals surface area contributed by atoms with Crippen LogP contribution >= 0.6 is 0 Å². The summed E-state index contributed by atoms with van der Waals surface area (Å²) in [6, 6.07) is 32.6. The highest BCUT2D eigenvalue weighted by Gasteiger charge is 2.20. The van der Waals surface area contributed by atoms with Gasteiger partial charge >= 0.3 is 0 Å². The number of hydrogen-bond acceptors (Lipinski definition) is 3. The largest absolute Gasteiger partial charge is 0.456 e. The normalized spacial score (nSPS) is 14.9. The molecule has 4 aromatic carbocycles. The molecule has 0 N–H and O–H groups in total. The second-order valence-electron chi connectivity index (χ2n) is 17.6. The summed E-state index contributed by atoms with van der Waals surface area (Å²) in [5, 5.41) is 2.04. The number of para-hydroxylation sites is 3. The Balaban J connectivity index is 1.22. The van der Waals surface area contributed by atoms with Crippen LogP contribution in [0.15, 0.2) is 122 Å². The van der Waals surface area contributed by atoms with Gasteiger partial charge in [0.25, 0.3) is 6.33 Å². The van der Waals surface area contributed by atoms with E-state index in [1.807, 2.05) is 144 Å². The first-order valence-corrected chi connectivity index (χ1v) is 19.1. The molecule has 0 amide bonds. The first-order valence-electron chi connectivity index (χ1n) is 22.1. The number of fused-ring (bicyclic) bond motifs is 4. The van der Waals surface area contributed by atoms with Crippen molar-refractivity contribution in [1.29, 1.82) is 0 Å².